The van der Waals surface area contributed by atoms with E-state index in [-0.39, 0.29) is 11.8 Å². The molecule has 2 aliphatic rings. The fourth-order valence-corrected chi connectivity index (χ4v) is 3.19. The molecule has 4 heteroatoms. The zero-order valence-electron chi connectivity index (χ0n) is 12.8. The minimum atomic E-state index is -0.266. The number of nitrogens with zero attached hydrogens (tertiary/aromatic N) is 1. The Bertz CT molecular complexity index is 850. The minimum Gasteiger partial charge on any atom is -0.288 e. The molecule has 4 nitrogen and oxygen atoms in total. The summed E-state index contributed by atoms with van der Waals surface area (Å²) in [7, 11) is 0. The summed E-state index contributed by atoms with van der Waals surface area (Å²) in [5.74, 6) is -0.502. The van der Waals surface area contributed by atoms with Gasteiger partial charge in [-0.3, -0.25) is 15.0 Å². The highest BCUT2D eigenvalue weighted by atomic mass is 16.2. The fourth-order valence-electron chi connectivity index (χ4n) is 3.19. The molecule has 1 N–H and O–H groups in total. The molecule has 1 heterocycles. The van der Waals surface area contributed by atoms with Gasteiger partial charge in [0.25, 0.3) is 11.8 Å². The zero-order valence-corrected chi connectivity index (χ0v) is 12.8. The molecule has 1 aliphatic heterocycles. The quantitative estimate of drug-likeness (QED) is 0.867. The number of carbonyl (C=O) groups excluding carboxylic acids is 2. The maximum Gasteiger partial charge on any atom is 0.280 e. The molecular formula is C19H16N2O2. The number of hydrazine groups is 1. The summed E-state index contributed by atoms with van der Waals surface area (Å²) in [6.07, 6.45) is 1.41. The molecule has 23 heavy (non-hydrogen) atoms. The molecule has 114 valence electrons. The van der Waals surface area contributed by atoms with E-state index in [4.69, 9.17) is 0 Å². The number of hydrogen-bond acceptors (Lipinski definition) is 3. The van der Waals surface area contributed by atoms with Gasteiger partial charge in [0.05, 0.1) is 11.3 Å². The van der Waals surface area contributed by atoms with Crippen LogP contribution in [0.15, 0.2) is 54.1 Å². The summed E-state index contributed by atoms with van der Waals surface area (Å²) in [6, 6.07) is 15.4. The maximum atomic E-state index is 12.8. The Morgan fingerprint density at radius 1 is 0.913 bits per heavy atom. The molecule has 0 spiro atoms. The maximum absolute atomic E-state index is 12.8. The molecule has 0 atom stereocenters. The van der Waals surface area contributed by atoms with Crippen LogP contribution in [0, 0.1) is 6.92 Å². The molecule has 0 saturated carbocycles. The van der Waals surface area contributed by atoms with E-state index in [1.807, 2.05) is 55.5 Å². The summed E-state index contributed by atoms with van der Waals surface area (Å²) in [4.78, 5) is 25.4. The second-order valence-electron chi connectivity index (χ2n) is 5.93. The van der Waals surface area contributed by atoms with Crippen molar-refractivity contribution in [1.82, 2.24) is 5.01 Å². The first-order valence-corrected chi connectivity index (χ1v) is 7.68. The van der Waals surface area contributed by atoms with Crippen LogP contribution in [0.3, 0.4) is 0 Å². The van der Waals surface area contributed by atoms with Crippen LogP contribution < -0.4 is 5.43 Å². The van der Waals surface area contributed by atoms with Gasteiger partial charge in [-0.1, -0.05) is 42.0 Å². The minimum absolute atomic E-state index is 0.236. The topological polar surface area (TPSA) is 49.4 Å². The first-order valence-electron chi connectivity index (χ1n) is 7.68. The first-order chi connectivity index (χ1) is 11.1. The molecule has 0 radical (unpaired) electrons. The second-order valence-corrected chi connectivity index (χ2v) is 5.93. The molecule has 2 amide bonds. The van der Waals surface area contributed by atoms with Crippen LogP contribution in [0.5, 0.6) is 0 Å². The van der Waals surface area contributed by atoms with E-state index < -0.39 is 0 Å². The number of imide groups is 1. The molecule has 0 bridgehead atoms. The third kappa shape index (κ3) is 2.14. The fraction of sp³-hybridized carbons (Fsp3) is 0.158. The van der Waals surface area contributed by atoms with Crippen molar-refractivity contribution in [2.75, 3.05) is 5.43 Å². The largest absolute Gasteiger partial charge is 0.288 e. The lowest BCUT2D eigenvalue weighted by Gasteiger charge is -2.17. The number of aryl methyl sites for hydroxylation is 2. The normalized spacial score (nSPS) is 16.5. The van der Waals surface area contributed by atoms with E-state index >= 15 is 0 Å². The van der Waals surface area contributed by atoms with Crippen LogP contribution >= 0.6 is 0 Å². The van der Waals surface area contributed by atoms with Gasteiger partial charge in [0.2, 0.25) is 0 Å². The van der Waals surface area contributed by atoms with Crippen molar-refractivity contribution >= 4 is 23.1 Å². The summed E-state index contributed by atoms with van der Waals surface area (Å²) < 4.78 is 0. The molecule has 0 aromatic heterocycles. The monoisotopic (exact) mass is 304 g/mol. The average Bonchev–Trinajstić information content (AvgIpc) is 2.82. The van der Waals surface area contributed by atoms with E-state index in [1.165, 1.54) is 0 Å². The van der Waals surface area contributed by atoms with Crippen LogP contribution in [0.1, 0.15) is 23.1 Å². The third-order valence-corrected chi connectivity index (χ3v) is 4.40. The number of amides is 2. The third-order valence-electron chi connectivity index (χ3n) is 4.40. The van der Waals surface area contributed by atoms with Crippen molar-refractivity contribution in [2.24, 2.45) is 0 Å². The van der Waals surface area contributed by atoms with Crippen LogP contribution in [0.25, 0.3) is 5.57 Å². The molecule has 1 aliphatic carbocycles. The van der Waals surface area contributed by atoms with Gasteiger partial charge in [0, 0.05) is 5.57 Å². The van der Waals surface area contributed by atoms with Gasteiger partial charge in [-0.2, -0.15) is 5.01 Å². The van der Waals surface area contributed by atoms with E-state index in [9.17, 15) is 9.59 Å². The first kappa shape index (κ1) is 13.8. The molecule has 2 aromatic carbocycles. The Hall–Kier alpha value is -2.88. The number of rotatable bonds is 2. The number of anilines is 1. The smallest absolute Gasteiger partial charge is 0.280 e. The Morgan fingerprint density at radius 3 is 2.43 bits per heavy atom. The van der Waals surface area contributed by atoms with E-state index in [1.54, 1.807) is 0 Å². The number of benzene rings is 2. The average molecular weight is 304 g/mol. The summed E-state index contributed by atoms with van der Waals surface area (Å²) in [5, 5.41) is 1.14. The van der Waals surface area contributed by atoms with Crippen LogP contribution in [-0.2, 0) is 16.0 Å². The molecule has 0 fully saturated rings. The Labute approximate surface area is 134 Å². The number of carbonyl (C=O) groups is 2. The predicted molar refractivity (Wildman–Crippen MR) is 88.3 cm³/mol. The zero-order chi connectivity index (χ0) is 16.0. The van der Waals surface area contributed by atoms with E-state index in [2.05, 4.69) is 5.43 Å². The number of nitrogens with one attached hydrogen (secondary N) is 1. The highest BCUT2D eigenvalue weighted by molar-refractivity contribution is 6.36. The SMILES string of the molecule is Cc1ccc(NN2C(=O)C3=C(C2=O)c2ccccc2CC3)cc1. The number of fused-ring (bicyclic) bond motifs is 2. The molecular weight excluding hydrogens is 288 g/mol. The van der Waals surface area contributed by atoms with E-state index in [0.29, 0.717) is 17.6 Å². The highest BCUT2D eigenvalue weighted by Gasteiger charge is 2.41. The van der Waals surface area contributed by atoms with Crippen molar-refractivity contribution in [3.63, 3.8) is 0 Å². The Kier molecular flexibility index (Phi) is 3.05. The Balaban J connectivity index is 1.69. The molecule has 0 saturated heterocycles. The van der Waals surface area contributed by atoms with Crippen molar-refractivity contribution in [3.05, 3.63) is 70.8 Å². The van der Waals surface area contributed by atoms with Gasteiger partial charge in [0.1, 0.15) is 0 Å². The number of hydrogen-bond donors (Lipinski definition) is 1. The molecule has 4 rings (SSSR count). The second kappa shape index (κ2) is 5.09. The lowest BCUT2D eigenvalue weighted by atomic mass is 9.87. The van der Waals surface area contributed by atoms with Gasteiger partial charge in [-0.15, -0.1) is 0 Å². The van der Waals surface area contributed by atoms with Crippen molar-refractivity contribution < 1.29 is 9.59 Å². The summed E-state index contributed by atoms with van der Waals surface area (Å²) in [6.45, 7) is 1.99. The van der Waals surface area contributed by atoms with Gasteiger partial charge >= 0.3 is 0 Å². The lowest BCUT2D eigenvalue weighted by Crippen LogP contribution is -2.36. The van der Waals surface area contributed by atoms with Gasteiger partial charge in [-0.25, -0.2) is 0 Å². The molecule has 2 aromatic rings. The van der Waals surface area contributed by atoms with Crippen LogP contribution in [-0.4, -0.2) is 16.8 Å². The van der Waals surface area contributed by atoms with E-state index in [0.717, 1.165) is 33.8 Å². The standard InChI is InChI=1S/C19H16N2O2/c1-12-6-9-14(10-7-12)20-21-18(22)16-11-8-13-4-2-3-5-15(13)17(16)19(21)23/h2-7,9-10,20H,8,11H2,1H3. The predicted octanol–water partition coefficient (Wildman–Crippen LogP) is 3.09. The van der Waals surface area contributed by atoms with Crippen LogP contribution in [0.4, 0.5) is 5.69 Å². The van der Waals surface area contributed by atoms with Crippen molar-refractivity contribution in [1.29, 1.82) is 0 Å². The van der Waals surface area contributed by atoms with Crippen molar-refractivity contribution in [3.8, 4) is 0 Å². The van der Waals surface area contributed by atoms with Crippen molar-refractivity contribution in [2.45, 2.75) is 19.8 Å². The van der Waals surface area contributed by atoms with Gasteiger partial charge in [-0.05, 0) is 43.0 Å². The van der Waals surface area contributed by atoms with Gasteiger partial charge in [0.15, 0.2) is 0 Å². The van der Waals surface area contributed by atoms with Gasteiger partial charge < -0.3 is 0 Å². The molecule has 0 unspecified atom stereocenters. The highest BCUT2D eigenvalue weighted by Crippen LogP contribution is 2.37. The summed E-state index contributed by atoms with van der Waals surface area (Å²) in [5.41, 5.74) is 7.99. The van der Waals surface area contributed by atoms with Crippen LogP contribution in [0.2, 0.25) is 0 Å². The summed E-state index contributed by atoms with van der Waals surface area (Å²) >= 11 is 0. The Morgan fingerprint density at radius 2 is 1.65 bits per heavy atom. The lowest BCUT2D eigenvalue weighted by molar-refractivity contribution is -0.135.